The van der Waals surface area contributed by atoms with Crippen LogP contribution < -0.4 is 5.73 Å². The average molecular weight is 244 g/mol. The highest BCUT2D eigenvalue weighted by atomic mass is 16.5. The summed E-state index contributed by atoms with van der Waals surface area (Å²) < 4.78 is 10.8. The van der Waals surface area contributed by atoms with E-state index < -0.39 is 0 Å². The van der Waals surface area contributed by atoms with E-state index in [2.05, 4.69) is 11.9 Å². The van der Waals surface area contributed by atoms with E-state index in [9.17, 15) is 0 Å². The first-order valence-electron chi connectivity index (χ1n) is 6.77. The number of nitrogens with two attached hydrogens (primary N) is 1. The van der Waals surface area contributed by atoms with E-state index >= 15 is 0 Å². The summed E-state index contributed by atoms with van der Waals surface area (Å²) in [6.45, 7) is 3.70. The Morgan fingerprint density at radius 3 is 2.94 bits per heavy atom. The van der Waals surface area contributed by atoms with Crippen molar-refractivity contribution in [3.05, 3.63) is 0 Å². The highest BCUT2D eigenvalue weighted by molar-refractivity contribution is 4.71. The van der Waals surface area contributed by atoms with Crippen LogP contribution in [0.5, 0.6) is 0 Å². The molecule has 0 aromatic carbocycles. The molecule has 1 aliphatic rings. The van der Waals surface area contributed by atoms with Crippen LogP contribution in [-0.2, 0) is 9.47 Å². The normalized spacial score (nSPS) is 22.9. The molecular formula is C13H28N2O2. The van der Waals surface area contributed by atoms with Crippen LogP contribution in [0.4, 0.5) is 0 Å². The second-order valence-corrected chi connectivity index (χ2v) is 5.10. The van der Waals surface area contributed by atoms with Crippen LogP contribution in [0.2, 0.25) is 0 Å². The van der Waals surface area contributed by atoms with Crippen LogP contribution in [0, 0.1) is 0 Å². The lowest BCUT2D eigenvalue weighted by Crippen LogP contribution is -2.40. The summed E-state index contributed by atoms with van der Waals surface area (Å²) in [6, 6.07) is 0.249. The summed E-state index contributed by atoms with van der Waals surface area (Å²) in [5.74, 6) is 0. The Hall–Kier alpha value is -0.160. The topological polar surface area (TPSA) is 47.7 Å². The van der Waals surface area contributed by atoms with Crippen molar-refractivity contribution in [1.82, 2.24) is 4.90 Å². The van der Waals surface area contributed by atoms with E-state index in [1.165, 1.54) is 19.3 Å². The van der Waals surface area contributed by atoms with E-state index in [0.717, 1.165) is 39.1 Å². The molecule has 17 heavy (non-hydrogen) atoms. The Bertz CT molecular complexity index is 184. The van der Waals surface area contributed by atoms with Gasteiger partial charge in [-0.2, -0.15) is 0 Å². The van der Waals surface area contributed by atoms with Gasteiger partial charge in [0.1, 0.15) is 0 Å². The molecule has 2 unspecified atom stereocenters. The lowest BCUT2D eigenvalue weighted by Gasteiger charge is -2.28. The molecule has 1 heterocycles. The van der Waals surface area contributed by atoms with Crippen LogP contribution in [0.15, 0.2) is 0 Å². The lowest BCUT2D eigenvalue weighted by molar-refractivity contribution is -0.00228. The van der Waals surface area contributed by atoms with Crippen molar-refractivity contribution in [1.29, 1.82) is 0 Å². The van der Waals surface area contributed by atoms with Crippen LogP contribution in [0.3, 0.4) is 0 Å². The Morgan fingerprint density at radius 2 is 2.29 bits per heavy atom. The van der Waals surface area contributed by atoms with E-state index in [1.807, 2.05) is 0 Å². The minimum atomic E-state index is 0.249. The summed E-state index contributed by atoms with van der Waals surface area (Å²) in [6.07, 6.45) is 6.22. The molecule has 0 spiro atoms. The first kappa shape index (κ1) is 14.9. The minimum Gasteiger partial charge on any atom is -0.385 e. The third kappa shape index (κ3) is 6.99. The number of methoxy groups -OCH3 is 1. The van der Waals surface area contributed by atoms with Gasteiger partial charge in [-0.3, -0.25) is 0 Å². The molecular weight excluding hydrogens is 216 g/mol. The Labute approximate surface area is 105 Å². The first-order chi connectivity index (χ1) is 8.22. The molecule has 1 rings (SSSR count). The SMILES string of the molecule is COCCCC(N)CN(C)CC1CCCCO1. The summed E-state index contributed by atoms with van der Waals surface area (Å²) >= 11 is 0. The van der Waals surface area contributed by atoms with Gasteiger partial charge in [-0.05, 0) is 39.2 Å². The van der Waals surface area contributed by atoms with Gasteiger partial charge in [-0.15, -0.1) is 0 Å². The average Bonchev–Trinajstić information content (AvgIpc) is 2.30. The molecule has 0 saturated carbocycles. The van der Waals surface area contributed by atoms with Gasteiger partial charge < -0.3 is 20.1 Å². The van der Waals surface area contributed by atoms with Gasteiger partial charge in [0.05, 0.1) is 6.10 Å². The van der Waals surface area contributed by atoms with Crippen molar-refractivity contribution >= 4 is 0 Å². The second-order valence-electron chi connectivity index (χ2n) is 5.10. The van der Waals surface area contributed by atoms with Gasteiger partial charge >= 0.3 is 0 Å². The minimum absolute atomic E-state index is 0.249. The molecule has 0 aromatic rings. The fraction of sp³-hybridized carbons (Fsp3) is 1.00. The Balaban J connectivity index is 2.07. The highest BCUT2D eigenvalue weighted by Gasteiger charge is 2.16. The zero-order chi connectivity index (χ0) is 12.5. The van der Waals surface area contributed by atoms with Gasteiger partial charge in [0.2, 0.25) is 0 Å². The largest absolute Gasteiger partial charge is 0.385 e. The maximum Gasteiger partial charge on any atom is 0.0701 e. The van der Waals surface area contributed by atoms with E-state index in [-0.39, 0.29) is 6.04 Å². The second kappa shape index (κ2) is 8.86. The molecule has 1 aliphatic heterocycles. The summed E-state index contributed by atoms with van der Waals surface area (Å²) in [7, 11) is 3.87. The van der Waals surface area contributed by atoms with E-state index in [1.54, 1.807) is 7.11 Å². The van der Waals surface area contributed by atoms with Crippen molar-refractivity contribution < 1.29 is 9.47 Å². The molecule has 0 aliphatic carbocycles. The molecule has 102 valence electrons. The highest BCUT2D eigenvalue weighted by Crippen LogP contribution is 2.13. The van der Waals surface area contributed by atoms with Crippen LogP contribution in [0.1, 0.15) is 32.1 Å². The zero-order valence-corrected chi connectivity index (χ0v) is 11.4. The summed E-state index contributed by atoms with van der Waals surface area (Å²) in [4.78, 5) is 2.30. The number of rotatable bonds is 8. The molecule has 1 saturated heterocycles. The van der Waals surface area contributed by atoms with Crippen molar-refractivity contribution in [2.24, 2.45) is 5.73 Å². The fourth-order valence-corrected chi connectivity index (χ4v) is 2.36. The molecule has 4 heteroatoms. The van der Waals surface area contributed by atoms with Crippen molar-refractivity contribution in [2.45, 2.75) is 44.2 Å². The molecule has 4 nitrogen and oxygen atoms in total. The van der Waals surface area contributed by atoms with Gasteiger partial charge in [0, 0.05) is 39.5 Å². The van der Waals surface area contributed by atoms with Gasteiger partial charge in [-0.1, -0.05) is 0 Å². The van der Waals surface area contributed by atoms with E-state index in [4.69, 9.17) is 15.2 Å². The van der Waals surface area contributed by atoms with Gasteiger partial charge in [0.15, 0.2) is 0 Å². The van der Waals surface area contributed by atoms with Crippen LogP contribution >= 0.6 is 0 Å². The first-order valence-corrected chi connectivity index (χ1v) is 6.77. The number of likely N-dealkylation sites (N-methyl/N-ethyl adjacent to an activating group) is 1. The maximum absolute atomic E-state index is 6.08. The predicted octanol–water partition coefficient (Wildman–Crippen LogP) is 1.24. The molecule has 0 amide bonds. The standard InChI is InChI=1S/C13H28N2O2/c1-15(10-12(14)6-5-8-16-2)11-13-7-3-4-9-17-13/h12-13H,3-11,14H2,1-2H3. The smallest absolute Gasteiger partial charge is 0.0701 e. The molecule has 0 radical (unpaired) electrons. The quantitative estimate of drug-likeness (QED) is 0.653. The molecule has 0 aromatic heterocycles. The van der Waals surface area contributed by atoms with Gasteiger partial charge in [0.25, 0.3) is 0 Å². The Morgan fingerprint density at radius 1 is 1.47 bits per heavy atom. The lowest BCUT2D eigenvalue weighted by atomic mass is 10.1. The van der Waals surface area contributed by atoms with Crippen molar-refractivity contribution in [3.63, 3.8) is 0 Å². The van der Waals surface area contributed by atoms with E-state index in [0.29, 0.717) is 6.10 Å². The monoisotopic (exact) mass is 244 g/mol. The molecule has 1 fully saturated rings. The molecule has 2 N–H and O–H groups in total. The Kier molecular flexibility index (Phi) is 7.77. The number of hydrogen-bond acceptors (Lipinski definition) is 4. The fourth-order valence-electron chi connectivity index (χ4n) is 2.36. The van der Waals surface area contributed by atoms with Gasteiger partial charge in [-0.25, -0.2) is 0 Å². The van der Waals surface area contributed by atoms with Crippen LogP contribution in [-0.4, -0.2) is 57.5 Å². The van der Waals surface area contributed by atoms with Crippen molar-refractivity contribution in [2.75, 3.05) is 40.5 Å². The number of hydrogen-bond donors (Lipinski definition) is 1. The summed E-state index contributed by atoms with van der Waals surface area (Å²) in [5, 5.41) is 0. The zero-order valence-electron chi connectivity index (χ0n) is 11.4. The molecule has 0 bridgehead atoms. The number of ether oxygens (including phenoxy) is 2. The number of nitrogens with zero attached hydrogens (tertiary/aromatic N) is 1. The third-order valence-electron chi connectivity index (χ3n) is 3.26. The maximum atomic E-state index is 6.08. The van der Waals surface area contributed by atoms with Crippen molar-refractivity contribution in [3.8, 4) is 0 Å². The predicted molar refractivity (Wildman–Crippen MR) is 70.2 cm³/mol. The molecule has 2 atom stereocenters. The summed E-state index contributed by atoms with van der Waals surface area (Å²) in [5.41, 5.74) is 6.08. The third-order valence-corrected chi connectivity index (χ3v) is 3.26. The van der Waals surface area contributed by atoms with Crippen LogP contribution in [0.25, 0.3) is 0 Å².